The van der Waals surface area contributed by atoms with Crippen LogP contribution in [0, 0.1) is 5.82 Å². The molecule has 2 heterocycles. The zero-order valence-electron chi connectivity index (χ0n) is 13.8. The molecule has 0 spiro atoms. The Bertz CT molecular complexity index is 1140. The van der Waals surface area contributed by atoms with Crippen molar-refractivity contribution in [1.82, 2.24) is 0 Å². The zero-order chi connectivity index (χ0) is 19.2. The Morgan fingerprint density at radius 1 is 1.15 bits per heavy atom. The third-order valence-corrected chi connectivity index (χ3v) is 8.09. The SMILES string of the molecule is O=C1C[C@@H](c2ccc(F)c(Br)c2)c2scc(S(=O)(=O)c3ccccc3)c2N1. The number of hydrogen-bond donors (Lipinski definition) is 1. The van der Waals surface area contributed by atoms with Crippen LogP contribution in [-0.4, -0.2) is 14.3 Å². The molecule has 1 N–H and O–H groups in total. The van der Waals surface area contributed by atoms with Gasteiger partial charge in [-0.25, -0.2) is 12.8 Å². The normalized spacial score (nSPS) is 16.7. The van der Waals surface area contributed by atoms with Gasteiger partial charge in [0.1, 0.15) is 10.7 Å². The summed E-state index contributed by atoms with van der Waals surface area (Å²) in [5, 5.41) is 4.28. The molecule has 0 radical (unpaired) electrons. The van der Waals surface area contributed by atoms with Gasteiger partial charge >= 0.3 is 0 Å². The van der Waals surface area contributed by atoms with Crippen LogP contribution in [0.2, 0.25) is 0 Å². The predicted molar refractivity (Wildman–Crippen MR) is 105 cm³/mol. The highest BCUT2D eigenvalue weighted by Crippen LogP contribution is 2.46. The van der Waals surface area contributed by atoms with Gasteiger partial charge in [-0.1, -0.05) is 24.3 Å². The first-order chi connectivity index (χ1) is 12.9. The molecule has 0 unspecified atom stereocenters. The second kappa shape index (κ2) is 6.85. The largest absolute Gasteiger partial charge is 0.324 e. The lowest BCUT2D eigenvalue weighted by Crippen LogP contribution is -2.23. The zero-order valence-corrected chi connectivity index (χ0v) is 17.0. The summed E-state index contributed by atoms with van der Waals surface area (Å²) in [6.45, 7) is 0. The average molecular weight is 466 g/mol. The fourth-order valence-corrected chi connectivity index (χ4v) is 6.45. The lowest BCUT2D eigenvalue weighted by atomic mass is 9.91. The van der Waals surface area contributed by atoms with Gasteiger partial charge in [0.15, 0.2) is 0 Å². The summed E-state index contributed by atoms with van der Waals surface area (Å²) in [4.78, 5) is 13.3. The predicted octanol–water partition coefficient (Wildman–Crippen LogP) is 4.96. The Morgan fingerprint density at radius 3 is 2.59 bits per heavy atom. The molecular formula is C19H13BrFNO3S2. The van der Waals surface area contributed by atoms with E-state index in [1.54, 1.807) is 35.7 Å². The van der Waals surface area contributed by atoms with Crippen LogP contribution in [-0.2, 0) is 14.6 Å². The molecule has 1 amide bonds. The number of carbonyl (C=O) groups is 1. The van der Waals surface area contributed by atoms with Crippen LogP contribution in [0.4, 0.5) is 10.1 Å². The smallest absolute Gasteiger partial charge is 0.225 e. The molecule has 138 valence electrons. The van der Waals surface area contributed by atoms with Crippen molar-refractivity contribution in [3.8, 4) is 0 Å². The molecule has 4 rings (SSSR count). The summed E-state index contributed by atoms with van der Waals surface area (Å²) < 4.78 is 39.9. The van der Waals surface area contributed by atoms with Gasteiger partial charge in [0, 0.05) is 22.6 Å². The number of anilines is 1. The minimum Gasteiger partial charge on any atom is -0.324 e. The molecule has 1 aromatic heterocycles. The van der Waals surface area contributed by atoms with Crippen molar-refractivity contribution in [3.05, 3.63) is 74.6 Å². The summed E-state index contributed by atoms with van der Waals surface area (Å²) in [6.07, 6.45) is 0.177. The number of amides is 1. The number of thiophene rings is 1. The molecule has 3 aromatic rings. The molecule has 0 fully saturated rings. The summed E-state index contributed by atoms with van der Waals surface area (Å²) in [5.74, 6) is -0.982. The van der Waals surface area contributed by atoms with E-state index in [0.717, 1.165) is 10.4 Å². The second-order valence-corrected chi connectivity index (χ2v) is 9.82. The Balaban J connectivity index is 1.84. The van der Waals surface area contributed by atoms with Crippen LogP contribution in [0.25, 0.3) is 0 Å². The van der Waals surface area contributed by atoms with Gasteiger partial charge in [-0.3, -0.25) is 4.79 Å². The lowest BCUT2D eigenvalue weighted by Gasteiger charge is -2.24. The summed E-state index contributed by atoms with van der Waals surface area (Å²) in [5.41, 5.74) is 1.08. The van der Waals surface area contributed by atoms with E-state index in [1.165, 1.54) is 29.5 Å². The molecule has 2 aromatic carbocycles. The van der Waals surface area contributed by atoms with E-state index in [0.29, 0.717) is 10.2 Å². The maximum atomic E-state index is 13.6. The van der Waals surface area contributed by atoms with Gasteiger partial charge in [-0.05, 0) is 45.8 Å². The van der Waals surface area contributed by atoms with Gasteiger partial charge in [0.2, 0.25) is 15.7 Å². The fraction of sp³-hybridized carbons (Fsp3) is 0.105. The number of fused-ring (bicyclic) bond motifs is 1. The Hall–Kier alpha value is -2.03. The van der Waals surface area contributed by atoms with Crippen LogP contribution in [0.3, 0.4) is 0 Å². The van der Waals surface area contributed by atoms with E-state index < -0.39 is 15.7 Å². The molecule has 4 nitrogen and oxygen atoms in total. The first-order valence-electron chi connectivity index (χ1n) is 8.04. The first kappa shape index (κ1) is 18.3. The molecule has 0 saturated heterocycles. The van der Waals surface area contributed by atoms with Crippen molar-refractivity contribution in [3.63, 3.8) is 0 Å². The van der Waals surface area contributed by atoms with Gasteiger partial charge in [0.05, 0.1) is 15.1 Å². The van der Waals surface area contributed by atoms with Crippen molar-refractivity contribution in [2.45, 2.75) is 22.1 Å². The highest BCUT2D eigenvalue weighted by atomic mass is 79.9. The van der Waals surface area contributed by atoms with Crippen molar-refractivity contribution < 1.29 is 17.6 Å². The van der Waals surface area contributed by atoms with Crippen LogP contribution >= 0.6 is 27.3 Å². The lowest BCUT2D eigenvalue weighted by molar-refractivity contribution is -0.116. The van der Waals surface area contributed by atoms with Crippen LogP contribution in [0.5, 0.6) is 0 Å². The summed E-state index contributed by atoms with van der Waals surface area (Å²) >= 11 is 4.45. The van der Waals surface area contributed by atoms with E-state index in [-0.39, 0.29) is 28.0 Å². The summed E-state index contributed by atoms with van der Waals surface area (Å²) in [7, 11) is -3.75. The number of benzene rings is 2. The van der Waals surface area contributed by atoms with E-state index in [4.69, 9.17) is 0 Å². The standard InChI is InChI=1S/C19H13BrFNO3S2/c20-14-8-11(6-7-15(14)21)13-9-17(23)22-18-16(10-26-19(13)18)27(24,25)12-4-2-1-3-5-12/h1-8,10,13H,9H2,(H,22,23)/t13-/m0/s1. The van der Waals surface area contributed by atoms with E-state index >= 15 is 0 Å². The van der Waals surface area contributed by atoms with Crippen molar-refractivity contribution in [2.75, 3.05) is 5.32 Å². The van der Waals surface area contributed by atoms with Gasteiger partial charge in [-0.15, -0.1) is 11.3 Å². The Morgan fingerprint density at radius 2 is 1.89 bits per heavy atom. The minimum atomic E-state index is -3.75. The fourth-order valence-electron chi connectivity index (χ4n) is 3.13. The third-order valence-electron chi connectivity index (χ3n) is 4.45. The number of nitrogens with one attached hydrogen (secondary N) is 1. The summed E-state index contributed by atoms with van der Waals surface area (Å²) in [6, 6.07) is 12.7. The average Bonchev–Trinajstić information content (AvgIpc) is 3.08. The van der Waals surface area contributed by atoms with Gasteiger partial charge < -0.3 is 5.32 Å². The van der Waals surface area contributed by atoms with Crippen molar-refractivity contribution in [1.29, 1.82) is 0 Å². The molecule has 1 aliphatic rings. The van der Waals surface area contributed by atoms with E-state index in [9.17, 15) is 17.6 Å². The number of rotatable bonds is 3. The molecule has 8 heteroatoms. The van der Waals surface area contributed by atoms with Crippen LogP contribution in [0.1, 0.15) is 22.8 Å². The van der Waals surface area contributed by atoms with Crippen molar-refractivity contribution in [2.24, 2.45) is 0 Å². The maximum Gasteiger partial charge on any atom is 0.225 e. The van der Waals surface area contributed by atoms with Gasteiger partial charge in [-0.2, -0.15) is 0 Å². The Labute approximate surface area is 168 Å². The number of sulfone groups is 1. The monoisotopic (exact) mass is 465 g/mol. The first-order valence-corrected chi connectivity index (χ1v) is 11.2. The van der Waals surface area contributed by atoms with E-state index in [2.05, 4.69) is 21.2 Å². The molecule has 0 bridgehead atoms. The maximum absolute atomic E-state index is 13.6. The van der Waals surface area contributed by atoms with Gasteiger partial charge in [0.25, 0.3) is 0 Å². The Kier molecular flexibility index (Phi) is 4.65. The highest BCUT2D eigenvalue weighted by molar-refractivity contribution is 9.10. The van der Waals surface area contributed by atoms with Crippen LogP contribution in [0.15, 0.2) is 68.2 Å². The quantitative estimate of drug-likeness (QED) is 0.594. The van der Waals surface area contributed by atoms with E-state index in [1.807, 2.05) is 0 Å². The highest BCUT2D eigenvalue weighted by Gasteiger charge is 2.34. The van der Waals surface area contributed by atoms with Crippen LogP contribution < -0.4 is 5.32 Å². The minimum absolute atomic E-state index is 0.0907. The second-order valence-electron chi connectivity index (χ2n) is 6.13. The topological polar surface area (TPSA) is 63.2 Å². The number of carbonyl (C=O) groups excluding carboxylic acids is 1. The van der Waals surface area contributed by atoms with Crippen molar-refractivity contribution >= 4 is 48.7 Å². The molecule has 1 aliphatic heterocycles. The number of hydrogen-bond acceptors (Lipinski definition) is 4. The molecule has 1 atom stereocenters. The third kappa shape index (κ3) is 3.22. The number of halogens is 2. The molecule has 0 saturated carbocycles. The molecular weight excluding hydrogens is 453 g/mol. The molecule has 27 heavy (non-hydrogen) atoms. The molecule has 0 aliphatic carbocycles.